The summed E-state index contributed by atoms with van der Waals surface area (Å²) in [6, 6.07) is 5.12. The van der Waals surface area contributed by atoms with Crippen LogP contribution in [0, 0.1) is 11.8 Å². The Morgan fingerprint density at radius 1 is 1.38 bits per heavy atom. The van der Waals surface area contributed by atoms with Crippen LogP contribution in [-0.4, -0.2) is 44.3 Å². The van der Waals surface area contributed by atoms with Gasteiger partial charge < -0.3 is 29.0 Å². The summed E-state index contributed by atoms with van der Waals surface area (Å²) in [6.07, 6.45) is 2.91. The normalized spacial score (nSPS) is 33.0. The predicted octanol–water partition coefficient (Wildman–Crippen LogP) is -0.260. The predicted molar refractivity (Wildman–Crippen MR) is 80.6 cm³/mol. The van der Waals surface area contributed by atoms with Crippen LogP contribution in [0.25, 0.3) is 0 Å². The lowest BCUT2D eigenvalue weighted by Crippen LogP contribution is -2.45. The number of hydrogen-bond donors (Lipinski definition) is 0. The Hall–Kier alpha value is -2.54. The van der Waals surface area contributed by atoms with Crippen LogP contribution in [0.3, 0.4) is 0 Å². The van der Waals surface area contributed by atoms with Gasteiger partial charge >= 0.3 is 0 Å². The van der Waals surface area contributed by atoms with Crippen molar-refractivity contribution in [3.05, 3.63) is 30.4 Å². The summed E-state index contributed by atoms with van der Waals surface area (Å²) < 4.78 is 16.4. The third-order valence-corrected chi connectivity index (χ3v) is 5.05. The number of aliphatic carboxylic acids is 1. The molecule has 2 fully saturated rings. The molecule has 1 amide bonds. The van der Waals surface area contributed by atoms with E-state index in [9.17, 15) is 14.7 Å². The maximum absolute atomic E-state index is 12.9. The van der Waals surface area contributed by atoms with Gasteiger partial charge in [-0.1, -0.05) is 12.2 Å². The molecular weight excluding hydrogens is 314 g/mol. The van der Waals surface area contributed by atoms with Crippen molar-refractivity contribution in [1.29, 1.82) is 0 Å². The van der Waals surface area contributed by atoms with Crippen molar-refractivity contribution < 1.29 is 28.9 Å². The average molecular weight is 330 g/mol. The highest BCUT2D eigenvalue weighted by molar-refractivity contribution is 6.03. The molecule has 0 unspecified atom stereocenters. The Morgan fingerprint density at radius 2 is 2.17 bits per heavy atom. The highest BCUT2D eigenvalue weighted by Crippen LogP contribution is 2.53. The van der Waals surface area contributed by atoms with Crippen LogP contribution in [0.1, 0.15) is 0 Å². The van der Waals surface area contributed by atoms with Crippen molar-refractivity contribution in [2.45, 2.75) is 11.7 Å². The van der Waals surface area contributed by atoms with E-state index in [1.54, 1.807) is 37.5 Å². The maximum atomic E-state index is 12.9. The molecule has 4 rings (SSSR count). The molecule has 0 aliphatic carbocycles. The number of rotatable bonds is 4. The molecule has 0 saturated carbocycles. The van der Waals surface area contributed by atoms with Gasteiger partial charge in [0.25, 0.3) is 0 Å². The Balaban J connectivity index is 1.74. The SMILES string of the molecule is COc1ccc(N2C[C@@]34C=C[C@@H](O3)[C@H](C(=O)[O-])[C@H]4C2=O)c(OC)c1. The first-order valence-corrected chi connectivity index (χ1v) is 7.62. The number of benzene rings is 1. The van der Waals surface area contributed by atoms with Crippen molar-refractivity contribution in [2.24, 2.45) is 11.8 Å². The molecule has 1 spiro atoms. The fraction of sp³-hybridized carbons (Fsp3) is 0.412. The number of fused-ring (bicyclic) bond motifs is 1. The summed E-state index contributed by atoms with van der Waals surface area (Å²) in [7, 11) is 3.05. The number of hydrogen-bond acceptors (Lipinski definition) is 6. The molecular formula is C17H16NO6-. The van der Waals surface area contributed by atoms with Gasteiger partial charge in [-0.3, -0.25) is 4.79 Å². The molecule has 7 heteroatoms. The molecule has 0 aromatic heterocycles. The smallest absolute Gasteiger partial charge is 0.234 e. The second kappa shape index (κ2) is 4.98. The Morgan fingerprint density at radius 3 is 2.83 bits per heavy atom. The van der Waals surface area contributed by atoms with Crippen LogP contribution in [0.4, 0.5) is 5.69 Å². The lowest BCUT2D eigenvalue weighted by atomic mass is 9.77. The van der Waals surface area contributed by atoms with Crippen molar-refractivity contribution >= 4 is 17.6 Å². The molecule has 0 N–H and O–H groups in total. The van der Waals surface area contributed by atoms with Crippen LogP contribution in [0.2, 0.25) is 0 Å². The first kappa shape index (κ1) is 15.0. The van der Waals surface area contributed by atoms with Gasteiger partial charge in [-0.2, -0.15) is 0 Å². The van der Waals surface area contributed by atoms with Gasteiger partial charge in [-0.05, 0) is 12.1 Å². The molecule has 2 bridgehead atoms. The maximum Gasteiger partial charge on any atom is 0.234 e. The number of anilines is 1. The molecule has 3 heterocycles. The third kappa shape index (κ3) is 1.81. The number of methoxy groups -OCH3 is 2. The van der Waals surface area contributed by atoms with Gasteiger partial charge in [0.15, 0.2) is 0 Å². The van der Waals surface area contributed by atoms with Crippen LogP contribution in [0.5, 0.6) is 11.5 Å². The van der Waals surface area contributed by atoms with Gasteiger partial charge in [-0.25, -0.2) is 0 Å². The van der Waals surface area contributed by atoms with E-state index >= 15 is 0 Å². The highest BCUT2D eigenvalue weighted by atomic mass is 16.5. The average Bonchev–Trinajstić information content (AvgIpc) is 3.22. The summed E-state index contributed by atoms with van der Waals surface area (Å²) in [5.41, 5.74) is -0.345. The third-order valence-electron chi connectivity index (χ3n) is 5.05. The largest absolute Gasteiger partial charge is 0.550 e. The second-order valence-corrected chi connectivity index (χ2v) is 6.18. The van der Waals surface area contributed by atoms with Gasteiger partial charge in [0.2, 0.25) is 5.91 Å². The van der Waals surface area contributed by atoms with Crippen molar-refractivity contribution in [2.75, 3.05) is 25.7 Å². The number of carboxylic acids is 1. The Labute approximate surface area is 138 Å². The zero-order valence-corrected chi connectivity index (χ0v) is 13.2. The summed E-state index contributed by atoms with van der Waals surface area (Å²) in [5, 5.41) is 11.5. The van der Waals surface area contributed by atoms with E-state index in [1.165, 1.54) is 12.0 Å². The number of carbonyl (C=O) groups excluding carboxylic acids is 2. The fourth-order valence-electron chi connectivity index (χ4n) is 3.98. The van der Waals surface area contributed by atoms with E-state index in [-0.39, 0.29) is 12.5 Å². The van der Waals surface area contributed by atoms with Crippen molar-refractivity contribution in [3.8, 4) is 11.5 Å². The number of carbonyl (C=O) groups is 2. The number of carboxylic acid groups (broad SMARTS) is 1. The Kier molecular flexibility index (Phi) is 3.11. The monoisotopic (exact) mass is 330 g/mol. The lowest BCUT2D eigenvalue weighted by molar-refractivity contribution is -0.313. The molecule has 4 atom stereocenters. The highest BCUT2D eigenvalue weighted by Gasteiger charge is 2.65. The van der Waals surface area contributed by atoms with Gasteiger partial charge in [0, 0.05) is 18.0 Å². The van der Waals surface area contributed by atoms with Gasteiger partial charge in [-0.15, -0.1) is 0 Å². The summed E-state index contributed by atoms with van der Waals surface area (Å²) in [6.45, 7) is 0.246. The van der Waals surface area contributed by atoms with Crippen molar-refractivity contribution in [1.82, 2.24) is 0 Å². The van der Waals surface area contributed by atoms with Gasteiger partial charge in [0.05, 0.1) is 38.5 Å². The van der Waals surface area contributed by atoms with Crippen LogP contribution < -0.4 is 19.5 Å². The molecule has 126 valence electrons. The minimum absolute atomic E-state index is 0.246. The van der Waals surface area contributed by atoms with E-state index in [0.29, 0.717) is 17.2 Å². The lowest BCUT2D eigenvalue weighted by Gasteiger charge is -2.24. The Bertz CT molecular complexity index is 759. The zero-order valence-electron chi connectivity index (χ0n) is 13.2. The van der Waals surface area contributed by atoms with E-state index in [2.05, 4.69) is 0 Å². The molecule has 3 aliphatic rings. The van der Waals surface area contributed by atoms with Crippen LogP contribution in [0.15, 0.2) is 30.4 Å². The van der Waals surface area contributed by atoms with Crippen molar-refractivity contribution in [3.63, 3.8) is 0 Å². The molecule has 0 radical (unpaired) electrons. The summed E-state index contributed by atoms with van der Waals surface area (Å²) >= 11 is 0. The standard InChI is InChI=1S/C17H17NO6/c1-22-9-3-4-10(12(7-9)23-2)18-8-17-6-5-11(24-17)13(16(20)21)14(17)15(18)19/h3-7,11,13-14H,8H2,1-2H3,(H,20,21)/p-1/t11-,13+,14+,17-/m1/s1. The van der Waals surface area contributed by atoms with E-state index < -0.39 is 29.5 Å². The molecule has 3 aliphatic heterocycles. The van der Waals surface area contributed by atoms with Gasteiger partial charge in [0.1, 0.15) is 17.1 Å². The quantitative estimate of drug-likeness (QED) is 0.707. The fourth-order valence-corrected chi connectivity index (χ4v) is 3.98. The van der Waals surface area contributed by atoms with E-state index in [1.807, 2.05) is 0 Å². The second-order valence-electron chi connectivity index (χ2n) is 6.18. The minimum Gasteiger partial charge on any atom is -0.550 e. The summed E-state index contributed by atoms with van der Waals surface area (Å²) in [4.78, 5) is 26.0. The minimum atomic E-state index is -1.26. The zero-order chi connectivity index (χ0) is 17.1. The van der Waals surface area contributed by atoms with E-state index in [4.69, 9.17) is 14.2 Å². The molecule has 24 heavy (non-hydrogen) atoms. The number of ether oxygens (including phenoxy) is 3. The molecule has 1 aromatic rings. The van der Waals surface area contributed by atoms with Crippen LogP contribution >= 0.6 is 0 Å². The first-order chi connectivity index (χ1) is 11.5. The number of nitrogens with zero attached hydrogens (tertiary/aromatic N) is 1. The topological polar surface area (TPSA) is 88.1 Å². The molecule has 2 saturated heterocycles. The summed E-state index contributed by atoms with van der Waals surface area (Å²) in [5.74, 6) is -2.21. The van der Waals surface area contributed by atoms with Crippen LogP contribution in [-0.2, 0) is 14.3 Å². The first-order valence-electron chi connectivity index (χ1n) is 7.62. The molecule has 7 nitrogen and oxygen atoms in total. The number of amides is 1. The molecule has 1 aromatic carbocycles. The van der Waals surface area contributed by atoms with E-state index in [0.717, 1.165) is 0 Å².